The van der Waals surface area contributed by atoms with Gasteiger partial charge in [-0.2, -0.15) is 0 Å². The molecule has 3 aromatic rings. The maximum Gasteiger partial charge on any atom is 0.337 e. The largest absolute Gasteiger partial charge is 0.465 e. The molecule has 0 radical (unpaired) electrons. The van der Waals surface area contributed by atoms with Crippen molar-refractivity contribution in [3.05, 3.63) is 58.7 Å². The van der Waals surface area contributed by atoms with E-state index in [1.54, 1.807) is 18.2 Å². The Morgan fingerprint density at radius 1 is 1.12 bits per heavy atom. The van der Waals surface area contributed by atoms with Gasteiger partial charge in [-0.05, 0) is 43.7 Å². The normalized spacial score (nSPS) is 10.6. The molecule has 24 heavy (non-hydrogen) atoms. The van der Waals surface area contributed by atoms with Gasteiger partial charge in [-0.3, -0.25) is 10.1 Å². The molecule has 0 spiro atoms. The van der Waals surface area contributed by atoms with Gasteiger partial charge in [0.05, 0.1) is 22.9 Å². The number of esters is 1. The number of nitrogens with zero attached hydrogens (tertiary/aromatic N) is 1. The van der Waals surface area contributed by atoms with Gasteiger partial charge < -0.3 is 4.74 Å². The number of hydrogen-bond donors (Lipinski definition) is 1. The summed E-state index contributed by atoms with van der Waals surface area (Å²) in [4.78, 5) is 28.4. The summed E-state index contributed by atoms with van der Waals surface area (Å²) in [6.45, 7) is 3.84. The molecule has 3 rings (SSSR count). The van der Waals surface area contributed by atoms with Crippen LogP contribution in [-0.2, 0) is 4.74 Å². The molecule has 0 atom stereocenters. The lowest BCUT2D eigenvalue weighted by atomic mass is 10.1. The molecule has 0 bridgehead atoms. The quantitative estimate of drug-likeness (QED) is 0.733. The fourth-order valence-corrected chi connectivity index (χ4v) is 3.27. The van der Waals surface area contributed by atoms with Crippen LogP contribution in [0.1, 0.15) is 31.8 Å². The van der Waals surface area contributed by atoms with Gasteiger partial charge in [0.2, 0.25) is 0 Å². The van der Waals surface area contributed by atoms with Gasteiger partial charge in [-0.1, -0.05) is 29.0 Å². The zero-order valence-corrected chi connectivity index (χ0v) is 14.4. The van der Waals surface area contributed by atoms with Crippen LogP contribution in [0, 0.1) is 13.8 Å². The predicted molar refractivity (Wildman–Crippen MR) is 94.8 cm³/mol. The number of methoxy groups -OCH3 is 1. The van der Waals surface area contributed by atoms with Crippen molar-refractivity contribution in [2.24, 2.45) is 0 Å². The molecule has 1 aromatic heterocycles. The summed E-state index contributed by atoms with van der Waals surface area (Å²) >= 11 is 1.32. The summed E-state index contributed by atoms with van der Waals surface area (Å²) in [5.41, 5.74) is 3.75. The number of amides is 1. The maximum atomic E-state index is 12.5. The average molecular weight is 340 g/mol. The van der Waals surface area contributed by atoms with E-state index in [2.05, 4.69) is 10.3 Å². The first-order valence-corrected chi connectivity index (χ1v) is 8.17. The van der Waals surface area contributed by atoms with Crippen LogP contribution in [0.5, 0.6) is 0 Å². The van der Waals surface area contributed by atoms with Crippen molar-refractivity contribution >= 4 is 38.6 Å². The summed E-state index contributed by atoms with van der Waals surface area (Å²) in [7, 11) is 1.34. The third-order valence-corrected chi connectivity index (χ3v) is 4.60. The second kappa shape index (κ2) is 6.41. The fourth-order valence-electron chi connectivity index (χ4n) is 2.37. The van der Waals surface area contributed by atoms with Gasteiger partial charge in [0.25, 0.3) is 5.91 Å². The van der Waals surface area contributed by atoms with E-state index in [9.17, 15) is 9.59 Å². The third kappa shape index (κ3) is 3.14. The number of nitrogens with one attached hydrogen (secondary N) is 1. The molecule has 1 heterocycles. The number of aryl methyl sites for hydroxylation is 2. The highest BCUT2D eigenvalue weighted by Crippen LogP contribution is 2.27. The van der Waals surface area contributed by atoms with E-state index in [0.29, 0.717) is 16.3 Å². The van der Waals surface area contributed by atoms with Crippen molar-refractivity contribution < 1.29 is 14.3 Å². The maximum absolute atomic E-state index is 12.5. The lowest BCUT2D eigenvalue weighted by molar-refractivity contribution is 0.0601. The molecule has 1 N–H and O–H groups in total. The standard InChI is InChI=1S/C18H16N2O3S/c1-10-4-5-11(2)13(8-10)16(21)20-18-19-14-7-6-12(17(22)23-3)9-15(14)24-18/h4-9H,1-3H3,(H,19,20,21). The van der Waals surface area contributed by atoms with Crippen LogP contribution in [-0.4, -0.2) is 24.0 Å². The molecule has 0 aliphatic carbocycles. The average Bonchev–Trinajstić information content (AvgIpc) is 2.97. The van der Waals surface area contributed by atoms with Gasteiger partial charge in [0.15, 0.2) is 5.13 Å². The van der Waals surface area contributed by atoms with Crippen molar-refractivity contribution in [3.63, 3.8) is 0 Å². The smallest absolute Gasteiger partial charge is 0.337 e. The first-order chi connectivity index (χ1) is 11.5. The van der Waals surface area contributed by atoms with Crippen LogP contribution in [0.25, 0.3) is 10.2 Å². The second-order valence-corrected chi connectivity index (χ2v) is 6.50. The molecule has 1 amide bonds. The Kier molecular flexibility index (Phi) is 4.31. The van der Waals surface area contributed by atoms with Crippen LogP contribution in [0.3, 0.4) is 0 Å². The van der Waals surface area contributed by atoms with Gasteiger partial charge in [-0.25, -0.2) is 9.78 Å². The molecule has 0 saturated carbocycles. The van der Waals surface area contributed by atoms with Crippen LogP contribution in [0.4, 0.5) is 5.13 Å². The Hall–Kier alpha value is -2.73. The molecule has 2 aromatic carbocycles. The number of hydrogen-bond acceptors (Lipinski definition) is 5. The van der Waals surface area contributed by atoms with Crippen molar-refractivity contribution in [2.75, 3.05) is 12.4 Å². The molecular formula is C18H16N2O3S. The lowest BCUT2D eigenvalue weighted by Gasteiger charge is -2.06. The SMILES string of the molecule is COC(=O)c1ccc2nc(NC(=O)c3cc(C)ccc3C)sc2c1. The number of aromatic nitrogens is 1. The van der Waals surface area contributed by atoms with Gasteiger partial charge in [0, 0.05) is 5.56 Å². The summed E-state index contributed by atoms with van der Waals surface area (Å²) in [5.74, 6) is -0.588. The minimum Gasteiger partial charge on any atom is -0.465 e. The van der Waals surface area contributed by atoms with E-state index in [4.69, 9.17) is 4.74 Å². The van der Waals surface area contributed by atoms with Gasteiger partial charge in [-0.15, -0.1) is 0 Å². The molecule has 122 valence electrons. The predicted octanol–water partition coefficient (Wildman–Crippen LogP) is 3.95. The number of carbonyl (C=O) groups excluding carboxylic acids is 2. The Balaban J connectivity index is 1.88. The number of thiazole rings is 1. The van der Waals surface area contributed by atoms with Crippen LogP contribution >= 0.6 is 11.3 Å². The fraction of sp³-hybridized carbons (Fsp3) is 0.167. The number of fused-ring (bicyclic) bond motifs is 1. The van der Waals surface area contributed by atoms with Crippen molar-refractivity contribution in [3.8, 4) is 0 Å². The zero-order valence-electron chi connectivity index (χ0n) is 13.5. The minimum atomic E-state index is -0.397. The number of anilines is 1. The molecule has 0 fully saturated rings. The van der Waals surface area contributed by atoms with E-state index < -0.39 is 5.97 Å². The molecule has 0 aliphatic heterocycles. The molecule has 0 aliphatic rings. The lowest BCUT2D eigenvalue weighted by Crippen LogP contribution is -2.13. The number of carbonyl (C=O) groups is 2. The first kappa shape index (κ1) is 16.1. The third-order valence-electron chi connectivity index (χ3n) is 3.67. The number of ether oxygens (including phenoxy) is 1. The summed E-state index contributed by atoms with van der Waals surface area (Å²) < 4.78 is 5.53. The molecule has 6 heteroatoms. The highest BCUT2D eigenvalue weighted by atomic mass is 32.1. The number of benzene rings is 2. The second-order valence-electron chi connectivity index (χ2n) is 5.47. The molecule has 5 nitrogen and oxygen atoms in total. The summed E-state index contributed by atoms with van der Waals surface area (Å²) in [6, 6.07) is 10.9. The molecule has 0 unspecified atom stereocenters. The van der Waals surface area contributed by atoms with Crippen molar-refractivity contribution in [1.82, 2.24) is 4.98 Å². The van der Waals surface area contributed by atoms with Crippen LogP contribution in [0.15, 0.2) is 36.4 Å². The Morgan fingerprint density at radius 3 is 2.67 bits per heavy atom. The Bertz CT molecular complexity index is 947. The van der Waals surface area contributed by atoms with Gasteiger partial charge in [0.1, 0.15) is 0 Å². The van der Waals surface area contributed by atoms with E-state index in [1.807, 2.05) is 32.0 Å². The summed E-state index contributed by atoms with van der Waals surface area (Å²) in [6.07, 6.45) is 0. The van der Waals surface area contributed by atoms with Crippen molar-refractivity contribution in [2.45, 2.75) is 13.8 Å². The van der Waals surface area contributed by atoms with Crippen LogP contribution < -0.4 is 5.32 Å². The Morgan fingerprint density at radius 2 is 1.92 bits per heavy atom. The minimum absolute atomic E-state index is 0.191. The zero-order chi connectivity index (χ0) is 17.3. The van der Waals surface area contributed by atoms with E-state index >= 15 is 0 Å². The highest BCUT2D eigenvalue weighted by Gasteiger charge is 2.14. The van der Waals surface area contributed by atoms with E-state index in [-0.39, 0.29) is 5.91 Å². The monoisotopic (exact) mass is 340 g/mol. The Labute approximate surface area is 143 Å². The van der Waals surface area contributed by atoms with Crippen molar-refractivity contribution in [1.29, 1.82) is 0 Å². The van der Waals surface area contributed by atoms with Crippen LogP contribution in [0.2, 0.25) is 0 Å². The topological polar surface area (TPSA) is 68.3 Å². The first-order valence-electron chi connectivity index (χ1n) is 7.35. The van der Waals surface area contributed by atoms with Gasteiger partial charge >= 0.3 is 5.97 Å². The molecule has 0 saturated heterocycles. The molecular weight excluding hydrogens is 324 g/mol. The number of rotatable bonds is 3. The highest BCUT2D eigenvalue weighted by molar-refractivity contribution is 7.22. The van der Waals surface area contributed by atoms with E-state index in [0.717, 1.165) is 21.3 Å². The summed E-state index contributed by atoms with van der Waals surface area (Å²) in [5, 5.41) is 3.33. The van der Waals surface area contributed by atoms with E-state index in [1.165, 1.54) is 18.4 Å².